The lowest BCUT2D eigenvalue weighted by molar-refractivity contribution is 0.408. The van der Waals surface area contributed by atoms with Crippen LogP contribution in [0.25, 0.3) is 0 Å². The van der Waals surface area contributed by atoms with Crippen LogP contribution in [0.4, 0.5) is 4.39 Å². The molecule has 2 nitrogen and oxygen atoms in total. The van der Waals surface area contributed by atoms with Gasteiger partial charge in [-0.2, -0.15) is 0 Å². The summed E-state index contributed by atoms with van der Waals surface area (Å²) in [5.41, 5.74) is 1.38. The van der Waals surface area contributed by atoms with Gasteiger partial charge in [0.1, 0.15) is 17.3 Å². The molecule has 0 fully saturated rings. The van der Waals surface area contributed by atoms with Crippen LogP contribution >= 0.6 is 31.9 Å². The van der Waals surface area contributed by atoms with Crippen molar-refractivity contribution in [1.29, 1.82) is 0 Å². The molecule has 1 unspecified atom stereocenters. The quantitative estimate of drug-likeness (QED) is 0.662. The zero-order valence-corrected chi connectivity index (χ0v) is 14.2. The van der Waals surface area contributed by atoms with Crippen molar-refractivity contribution in [1.82, 2.24) is 0 Å². The standard InChI is InChI=1S/C15H13Br2FO2/c1-19-10-4-5-11(13(18)8-10)15(17)12-7-9(16)3-6-14(12)20-2/h3-8,15H,1-2H3. The highest BCUT2D eigenvalue weighted by Gasteiger charge is 2.19. The van der Waals surface area contributed by atoms with Gasteiger partial charge in [-0.05, 0) is 24.3 Å². The summed E-state index contributed by atoms with van der Waals surface area (Å²) in [7, 11) is 3.11. The number of alkyl halides is 1. The summed E-state index contributed by atoms with van der Waals surface area (Å²) in [4.78, 5) is -0.305. The molecular weight excluding hydrogens is 391 g/mol. The average molecular weight is 404 g/mol. The third-order valence-electron chi connectivity index (χ3n) is 2.95. The number of methoxy groups -OCH3 is 2. The Morgan fingerprint density at radius 2 is 1.75 bits per heavy atom. The van der Waals surface area contributed by atoms with E-state index in [-0.39, 0.29) is 10.6 Å². The molecule has 0 radical (unpaired) electrons. The molecule has 0 bridgehead atoms. The largest absolute Gasteiger partial charge is 0.497 e. The van der Waals surface area contributed by atoms with E-state index in [4.69, 9.17) is 9.47 Å². The fourth-order valence-electron chi connectivity index (χ4n) is 1.91. The fraction of sp³-hybridized carbons (Fsp3) is 0.200. The molecule has 0 saturated carbocycles. The fourth-order valence-corrected chi connectivity index (χ4v) is 3.02. The maximum Gasteiger partial charge on any atom is 0.131 e. The number of hydrogen-bond donors (Lipinski definition) is 0. The van der Waals surface area contributed by atoms with Crippen LogP contribution < -0.4 is 9.47 Å². The minimum absolute atomic E-state index is 0.305. The number of benzene rings is 2. The summed E-state index contributed by atoms with van der Waals surface area (Å²) in [6.45, 7) is 0. The van der Waals surface area contributed by atoms with Gasteiger partial charge in [0.25, 0.3) is 0 Å². The number of ether oxygens (including phenoxy) is 2. The Kier molecular flexibility index (Phi) is 5.05. The summed E-state index contributed by atoms with van der Waals surface area (Å²) in [5.74, 6) is 0.866. The molecule has 0 aromatic heterocycles. The zero-order chi connectivity index (χ0) is 14.7. The Morgan fingerprint density at radius 1 is 1.00 bits per heavy atom. The predicted molar refractivity (Wildman–Crippen MR) is 84.4 cm³/mol. The smallest absolute Gasteiger partial charge is 0.131 e. The SMILES string of the molecule is COc1ccc(C(Br)c2cc(Br)ccc2OC)c(F)c1. The van der Waals surface area contributed by atoms with Crippen molar-refractivity contribution >= 4 is 31.9 Å². The average Bonchev–Trinajstić information content (AvgIpc) is 2.46. The van der Waals surface area contributed by atoms with Gasteiger partial charge in [0.2, 0.25) is 0 Å². The van der Waals surface area contributed by atoms with Crippen molar-refractivity contribution < 1.29 is 13.9 Å². The van der Waals surface area contributed by atoms with Gasteiger partial charge in [0.05, 0.1) is 19.0 Å². The lowest BCUT2D eigenvalue weighted by atomic mass is 10.0. The van der Waals surface area contributed by atoms with Crippen LogP contribution in [-0.2, 0) is 0 Å². The molecule has 106 valence electrons. The molecule has 20 heavy (non-hydrogen) atoms. The highest BCUT2D eigenvalue weighted by atomic mass is 79.9. The Morgan fingerprint density at radius 3 is 2.35 bits per heavy atom. The minimum atomic E-state index is -0.326. The van der Waals surface area contributed by atoms with E-state index in [0.717, 1.165) is 10.0 Å². The van der Waals surface area contributed by atoms with Gasteiger partial charge in [0, 0.05) is 21.7 Å². The minimum Gasteiger partial charge on any atom is -0.497 e. The maximum absolute atomic E-state index is 14.1. The van der Waals surface area contributed by atoms with Crippen molar-refractivity contribution in [3.63, 3.8) is 0 Å². The summed E-state index contributed by atoms with van der Waals surface area (Å²) < 4.78 is 25.4. The van der Waals surface area contributed by atoms with E-state index >= 15 is 0 Å². The van der Waals surface area contributed by atoms with E-state index in [1.807, 2.05) is 18.2 Å². The van der Waals surface area contributed by atoms with Gasteiger partial charge < -0.3 is 9.47 Å². The Bertz CT molecular complexity index is 617. The second-order valence-electron chi connectivity index (χ2n) is 4.14. The molecule has 0 aliphatic carbocycles. The first kappa shape index (κ1) is 15.3. The summed E-state index contributed by atoms with van der Waals surface area (Å²) >= 11 is 6.95. The van der Waals surface area contributed by atoms with Crippen molar-refractivity contribution in [2.45, 2.75) is 4.83 Å². The third-order valence-corrected chi connectivity index (χ3v) is 4.43. The van der Waals surface area contributed by atoms with E-state index in [2.05, 4.69) is 31.9 Å². The van der Waals surface area contributed by atoms with Crippen molar-refractivity contribution in [3.8, 4) is 11.5 Å². The molecule has 0 amide bonds. The molecule has 0 aliphatic heterocycles. The van der Waals surface area contributed by atoms with Crippen LogP contribution in [0.3, 0.4) is 0 Å². The molecule has 1 atom stereocenters. The van der Waals surface area contributed by atoms with E-state index in [9.17, 15) is 4.39 Å². The van der Waals surface area contributed by atoms with Crippen LogP contribution in [0.15, 0.2) is 40.9 Å². The molecule has 0 spiro atoms. The lowest BCUT2D eigenvalue weighted by Crippen LogP contribution is -2.00. The van der Waals surface area contributed by atoms with Crippen molar-refractivity contribution in [2.75, 3.05) is 14.2 Å². The predicted octanol–water partition coefficient (Wildman–Crippen LogP) is 5.09. The highest BCUT2D eigenvalue weighted by molar-refractivity contribution is 9.10. The number of halogens is 3. The van der Waals surface area contributed by atoms with E-state index in [1.165, 1.54) is 13.2 Å². The second-order valence-corrected chi connectivity index (χ2v) is 5.97. The van der Waals surface area contributed by atoms with Crippen LogP contribution in [0.2, 0.25) is 0 Å². The first-order valence-corrected chi connectivity index (χ1v) is 7.58. The normalized spacial score (nSPS) is 12.1. The van der Waals surface area contributed by atoms with Gasteiger partial charge in [-0.25, -0.2) is 4.39 Å². The Labute approximate surface area is 134 Å². The molecule has 2 aromatic carbocycles. The van der Waals surface area contributed by atoms with Crippen LogP contribution in [-0.4, -0.2) is 14.2 Å². The molecule has 5 heteroatoms. The Balaban J connectivity index is 2.45. The zero-order valence-electron chi connectivity index (χ0n) is 11.0. The molecule has 2 rings (SSSR count). The Hall–Kier alpha value is -1.07. The van der Waals surface area contributed by atoms with Crippen molar-refractivity contribution in [3.05, 3.63) is 57.8 Å². The molecule has 0 saturated heterocycles. The molecule has 0 N–H and O–H groups in total. The first-order valence-electron chi connectivity index (χ1n) is 5.87. The summed E-state index contributed by atoms with van der Waals surface area (Å²) in [5, 5.41) is 0. The van der Waals surface area contributed by atoms with E-state index < -0.39 is 0 Å². The van der Waals surface area contributed by atoms with Gasteiger partial charge >= 0.3 is 0 Å². The highest BCUT2D eigenvalue weighted by Crippen LogP contribution is 2.39. The summed E-state index contributed by atoms with van der Waals surface area (Å²) in [6, 6.07) is 10.4. The summed E-state index contributed by atoms with van der Waals surface area (Å²) in [6.07, 6.45) is 0. The second kappa shape index (κ2) is 6.59. The molecular formula is C15H13Br2FO2. The lowest BCUT2D eigenvalue weighted by Gasteiger charge is -2.16. The third kappa shape index (κ3) is 3.15. The van der Waals surface area contributed by atoms with E-state index in [1.54, 1.807) is 19.2 Å². The molecule has 0 heterocycles. The first-order chi connectivity index (χ1) is 9.56. The topological polar surface area (TPSA) is 18.5 Å². The van der Waals surface area contributed by atoms with Crippen LogP contribution in [0.5, 0.6) is 11.5 Å². The van der Waals surface area contributed by atoms with Crippen molar-refractivity contribution in [2.24, 2.45) is 0 Å². The molecule has 2 aromatic rings. The van der Waals surface area contributed by atoms with Crippen LogP contribution in [0.1, 0.15) is 16.0 Å². The van der Waals surface area contributed by atoms with Crippen LogP contribution in [0, 0.1) is 5.82 Å². The van der Waals surface area contributed by atoms with Gasteiger partial charge in [0.15, 0.2) is 0 Å². The maximum atomic E-state index is 14.1. The van der Waals surface area contributed by atoms with Gasteiger partial charge in [-0.1, -0.05) is 37.9 Å². The van der Waals surface area contributed by atoms with Gasteiger partial charge in [-0.15, -0.1) is 0 Å². The number of rotatable bonds is 4. The monoisotopic (exact) mass is 402 g/mol. The van der Waals surface area contributed by atoms with E-state index in [0.29, 0.717) is 17.1 Å². The molecule has 0 aliphatic rings. The number of hydrogen-bond acceptors (Lipinski definition) is 2. The van der Waals surface area contributed by atoms with Gasteiger partial charge in [-0.3, -0.25) is 0 Å².